The predicted molar refractivity (Wildman–Crippen MR) is 219 cm³/mol. The molecular weight excluding hydrogens is 664 g/mol. The van der Waals surface area contributed by atoms with Gasteiger partial charge in [0.2, 0.25) is 0 Å². The van der Waals surface area contributed by atoms with Gasteiger partial charge in [0.05, 0.1) is 12.2 Å². The molecule has 1 aliphatic heterocycles. The van der Waals surface area contributed by atoms with Crippen molar-refractivity contribution in [3.8, 4) is 0 Å². The van der Waals surface area contributed by atoms with Gasteiger partial charge in [0.15, 0.2) is 6.29 Å². The van der Waals surface area contributed by atoms with E-state index in [0.29, 0.717) is 0 Å². The van der Waals surface area contributed by atoms with E-state index in [4.69, 9.17) is 9.47 Å². The lowest BCUT2D eigenvalue weighted by Crippen LogP contribution is -2.61. The highest BCUT2D eigenvalue weighted by Crippen LogP contribution is 2.28. The number of aliphatic hydroxyl groups excluding tert-OH is 5. The van der Waals surface area contributed by atoms with Gasteiger partial charge >= 0.3 is 0 Å². The van der Waals surface area contributed by atoms with Crippen molar-refractivity contribution in [2.75, 3.05) is 6.61 Å². The molecule has 1 aliphatic rings. The van der Waals surface area contributed by atoms with E-state index in [1.165, 1.54) is 27.8 Å². The summed E-state index contributed by atoms with van der Waals surface area (Å²) in [6.45, 7) is 19.3. The van der Waals surface area contributed by atoms with Crippen LogP contribution in [0.3, 0.4) is 0 Å². The normalized spacial score (nSPS) is 24.1. The lowest BCUT2D eigenvalue weighted by molar-refractivity contribution is -0.329. The maximum absolute atomic E-state index is 10.8. The lowest BCUT2D eigenvalue weighted by atomic mass is 9.97. The summed E-state index contributed by atoms with van der Waals surface area (Å²) < 4.78 is 11.2. The van der Waals surface area contributed by atoms with Gasteiger partial charge in [0, 0.05) is 0 Å². The van der Waals surface area contributed by atoms with Crippen LogP contribution in [0.25, 0.3) is 6.08 Å². The molecule has 2 rings (SSSR count). The molecule has 0 saturated carbocycles. The molecule has 5 N–H and O–H groups in total. The van der Waals surface area contributed by atoms with Crippen molar-refractivity contribution in [2.45, 2.75) is 112 Å². The van der Waals surface area contributed by atoms with Gasteiger partial charge < -0.3 is 35.0 Å². The third-order valence-electron chi connectivity index (χ3n) is 9.02. The fraction of sp³-hybridized carbons (Fsp3) is 0.391. The summed E-state index contributed by atoms with van der Waals surface area (Å²) in [6.07, 6.45) is 26.0. The third-order valence-corrected chi connectivity index (χ3v) is 9.02. The van der Waals surface area contributed by atoms with Crippen molar-refractivity contribution < 1.29 is 35.0 Å². The van der Waals surface area contributed by atoms with Gasteiger partial charge in [0.25, 0.3) is 0 Å². The molecule has 7 heteroatoms. The monoisotopic (exact) mass is 726 g/mol. The highest BCUT2D eigenvalue weighted by atomic mass is 16.7. The average Bonchev–Trinajstić information content (AvgIpc) is 3.10. The second kappa shape index (κ2) is 22.3. The highest BCUT2D eigenvalue weighted by molar-refractivity contribution is 5.61. The molecule has 0 aromatic heterocycles. The van der Waals surface area contributed by atoms with E-state index in [1.807, 2.05) is 56.4 Å². The van der Waals surface area contributed by atoms with Gasteiger partial charge in [-0.15, -0.1) is 0 Å². The SMILES string of the molecule is CC(/C=C/C=C(C)/C=C/C=C(C)/C=C/[C@H](O)C(C)(C)O[C@@H]1O[C@H](CO)[C@@H](O)[C@H](O)[C@H]1O)=C\C=C\C=C(C)\C=C\C=C(C)\C=C\c1c(C)ccc(C)c1C. The first kappa shape index (κ1) is 45.2. The molecule has 1 saturated heterocycles. The Balaban J connectivity index is 1.86. The molecular formula is C46H62O7. The van der Waals surface area contributed by atoms with Gasteiger partial charge in [-0.3, -0.25) is 0 Å². The molecule has 288 valence electrons. The Kier molecular flexibility index (Phi) is 19.1. The fourth-order valence-electron chi connectivity index (χ4n) is 5.20. The first-order valence-electron chi connectivity index (χ1n) is 18.1. The zero-order valence-electron chi connectivity index (χ0n) is 33.2. The van der Waals surface area contributed by atoms with Crippen LogP contribution in [0.2, 0.25) is 0 Å². The zero-order valence-corrected chi connectivity index (χ0v) is 33.2. The van der Waals surface area contributed by atoms with Gasteiger partial charge in [-0.25, -0.2) is 0 Å². The van der Waals surface area contributed by atoms with Gasteiger partial charge in [-0.1, -0.05) is 143 Å². The van der Waals surface area contributed by atoms with E-state index < -0.39 is 49.0 Å². The van der Waals surface area contributed by atoms with Gasteiger partial charge in [-0.05, 0) is 91.5 Å². The van der Waals surface area contributed by atoms with E-state index in [-0.39, 0.29) is 0 Å². The minimum Gasteiger partial charge on any atom is -0.394 e. The summed E-state index contributed by atoms with van der Waals surface area (Å²) in [5.74, 6) is 0. The van der Waals surface area contributed by atoms with Crippen LogP contribution in [0.5, 0.6) is 0 Å². The lowest BCUT2D eigenvalue weighted by Gasteiger charge is -2.43. The number of allylic oxidation sites excluding steroid dienone is 20. The van der Waals surface area contributed by atoms with E-state index in [2.05, 4.69) is 102 Å². The molecule has 1 heterocycles. The molecule has 0 amide bonds. The molecule has 1 aromatic rings. The van der Waals surface area contributed by atoms with Crippen molar-refractivity contribution in [3.05, 3.63) is 159 Å². The van der Waals surface area contributed by atoms with Crippen LogP contribution in [-0.4, -0.2) is 74.6 Å². The van der Waals surface area contributed by atoms with Crippen LogP contribution in [0.1, 0.15) is 70.7 Å². The number of ether oxygens (including phenoxy) is 2. The summed E-state index contributed by atoms with van der Waals surface area (Å²) in [5.41, 5.74) is 9.44. The molecule has 0 aliphatic carbocycles. The van der Waals surface area contributed by atoms with E-state index in [9.17, 15) is 25.5 Å². The summed E-state index contributed by atoms with van der Waals surface area (Å²) in [6, 6.07) is 4.35. The maximum Gasteiger partial charge on any atom is 0.187 e. The number of benzene rings is 1. The van der Waals surface area contributed by atoms with Crippen LogP contribution in [0, 0.1) is 20.8 Å². The van der Waals surface area contributed by atoms with Gasteiger partial charge in [0.1, 0.15) is 30.5 Å². The van der Waals surface area contributed by atoms with Gasteiger partial charge in [-0.2, -0.15) is 0 Å². The van der Waals surface area contributed by atoms with Crippen molar-refractivity contribution >= 4 is 6.08 Å². The Labute approximate surface area is 318 Å². The summed E-state index contributed by atoms with van der Waals surface area (Å²) >= 11 is 0. The fourth-order valence-corrected chi connectivity index (χ4v) is 5.20. The Morgan fingerprint density at radius 2 is 1.13 bits per heavy atom. The van der Waals surface area contributed by atoms with E-state index in [0.717, 1.165) is 22.3 Å². The third kappa shape index (κ3) is 15.5. The van der Waals surface area contributed by atoms with Crippen LogP contribution in [-0.2, 0) is 9.47 Å². The minimum absolute atomic E-state index is 0.561. The smallest absolute Gasteiger partial charge is 0.187 e. The molecule has 7 nitrogen and oxygen atoms in total. The molecule has 1 aromatic carbocycles. The quantitative estimate of drug-likeness (QED) is 0.109. The van der Waals surface area contributed by atoms with Crippen LogP contribution in [0.4, 0.5) is 0 Å². The first-order chi connectivity index (χ1) is 25.0. The summed E-state index contributed by atoms with van der Waals surface area (Å²) in [5, 5.41) is 50.4. The Morgan fingerprint density at radius 3 is 1.64 bits per heavy atom. The van der Waals surface area contributed by atoms with Crippen molar-refractivity contribution in [3.63, 3.8) is 0 Å². The molecule has 0 radical (unpaired) electrons. The maximum atomic E-state index is 10.8. The standard InChI is InChI=1S/C46H62O7/c1-31(16-11-12-17-32(2)19-14-22-34(4)24-28-39-37(7)27-26-36(6)38(39)8)18-13-20-33(3)21-15-23-35(5)25-29-41(48)46(9,10)53-45-44(51)43(50)42(49)40(30-47)52-45/h11-29,40-45,47-51H,30H2,1-10H3/b12-11+,18-13+,19-14+,21-15+,28-24+,29-25+,31-16+,32-17+,33-20+,34-22+,35-23+/t40-,41+,42-,43+,44-,45+/m1/s1. The zero-order chi connectivity index (χ0) is 39.7. The van der Waals surface area contributed by atoms with Crippen molar-refractivity contribution in [1.29, 1.82) is 0 Å². The van der Waals surface area contributed by atoms with E-state index >= 15 is 0 Å². The number of rotatable bonds is 16. The molecule has 0 unspecified atom stereocenters. The number of aryl methyl sites for hydroxylation is 2. The van der Waals surface area contributed by atoms with Crippen molar-refractivity contribution in [2.24, 2.45) is 0 Å². The minimum atomic E-state index is -1.56. The van der Waals surface area contributed by atoms with E-state index in [1.54, 1.807) is 26.0 Å². The first-order valence-corrected chi connectivity index (χ1v) is 18.1. The predicted octanol–water partition coefficient (Wildman–Crippen LogP) is 8.09. The van der Waals surface area contributed by atoms with Crippen LogP contribution in [0.15, 0.2) is 137 Å². The largest absolute Gasteiger partial charge is 0.394 e. The Bertz CT molecular complexity index is 1690. The highest BCUT2D eigenvalue weighted by Gasteiger charge is 2.46. The second-order valence-electron chi connectivity index (χ2n) is 14.3. The molecule has 0 spiro atoms. The number of aliphatic hydroxyl groups is 5. The topological polar surface area (TPSA) is 120 Å². The Hall–Kier alpha value is -3.92. The number of hydrogen-bond donors (Lipinski definition) is 5. The molecule has 6 atom stereocenters. The number of hydrogen-bond acceptors (Lipinski definition) is 7. The van der Waals surface area contributed by atoms with Crippen LogP contribution < -0.4 is 0 Å². The average molecular weight is 727 g/mol. The second-order valence-corrected chi connectivity index (χ2v) is 14.3. The molecule has 1 fully saturated rings. The molecule has 53 heavy (non-hydrogen) atoms. The summed E-state index contributed by atoms with van der Waals surface area (Å²) in [4.78, 5) is 0. The van der Waals surface area contributed by atoms with Crippen LogP contribution >= 0.6 is 0 Å². The Morgan fingerprint density at radius 1 is 0.679 bits per heavy atom. The summed E-state index contributed by atoms with van der Waals surface area (Å²) in [7, 11) is 0. The van der Waals surface area contributed by atoms with Crippen molar-refractivity contribution in [1.82, 2.24) is 0 Å². The molecule has 0 bridgehead atoms.